The molecule has 6 nitrogen and oxygen atoms in total. The number of rotatable bonds is 3. The van der Waals surface area contributed by atoms with E-state index >= 15 is 0 Å². The Morgan fingerprint density at radius 2 is 2.42 bits per heavy atom. The summed E-state index contributed by atoms with van der Waals surface area (Å²) >= 11 is 0. The Bertz CT molecular complexity index is 232. The van der Waals surface area contributed by atoms with Gasteiger partial charge in [-0.2, -0.15) is 5.10 Å². The smallest absolute Gasteiger partial charge is 0.159 e. The van der Waals surface area contributed by atoms with Gasteiger partial charge in [0.05, 0.1) is 12.6 Å². The number of aliphatic hydroxyl groups is 2. The lowest BCUT2D eigenvalue weighted by atomic mass is 10.1. The minimum Gasteiger partial charge on any atom is -0.389 e. The molecule has 2 unspecified atom stereocenters. The Morgan fingerprint density at radius 1 is 1.75 bits per heavy atom. The van der Waals surface area contributed by atoms with E-state index < -0.39 is 11.8 Å². The van der Waals surface area contributed by atoms with Crippen LogP contribution < -0.4 is 5.73 Å². The van der Waals surface area contributed by atoms with Gasteiger partial charge in [-0.3, -0.25) is 5.73 Å². The number of aromatic nitrogens is 3. The summed E-state index contributed by atoms with van der Waals surface area (Å²) in [5.74, 6) is 0. The molecule has 1 rings (SSSR count). The molecule has 0 aromatic carbocycles. The topological polar surface area (TPSA) is 97.2 Å². The van der Waals surface area contributed by atoms with Crippen LogP contribution in [-0.4, -0.2) is 36.8 Å². The van der Waals surface area contributed by atoms with Crippen molar-refractivity contribution in [3.8, 4) is 0 Å². The summed E-state index contributed by atoms with van der Waals surface area (Å²) < 4.78 is 1.35. The maximum atomic E-state index is 9.40. The van der Waals surface area contributed by atoms with Crippen molar-refractivity contribution in [1.82, 2.24) is 14.8 Å². The molecule has 0 aliphatic carbocycles. The van der Waals surface area contributed by atoms with Crippen molar-refractivity contribution in [1.29, 1.82) is 0 Å². The highest BCUT2D eigenvalue weighted by Crippen LogP contribution is 2.04. The van der Waals surface area contributed by atoms with Crippen LogP contribution in [0.3, 0.4) is 0 Å². The minimum atomic E-state index is -1.66. The van der Waals surface area contributed by atoms with Gasteiger partial charge >= 0.3 is 0 Å². The summed E-state index contributed by atoms with van der Waals surface area (Å²) in [5, 5.41) is 22.2. The second-order valence-electron chi connectivity index (χ2n) is 2.76. The molecule has 1 aromatic rings. The number of nitrogens with two attached hydrogens (primary N) is 1. The lowest BCUT2D eigenvalue weighted by molar-refractivity contribution is -0.0746. The largest absolute Gasteiger partial charge is 0.389 e. The van der Waals surface area contributed by atoms with E-state index in [1.165, 1.54) is 24.3 Å². The van der Waals surface area contributed by atoms with Crippen LogP contribution in [0, 0.1) is 0 Å². The molecule has 6 heteroatoms. The molecule has 12 heavy (non-hydrogen) atoms. The van der Waals surface area contributed by atoms with Gasteiger partial charge < -0.3 is 10.2 Å². The van der Waals surface area contributed by atoms with E-state index in [-0.39, 0.29) is 6.54 Å². The number of aliphatic hydroxyl groups excluding tert-OH is 1. The van der Waals surface area contributed by atoms with Crippen LogP contribution >= 0.6 is 0 Å². The normalized spacial score (nSPS) is 18.7. The Kier molecular flexibility index (Phi) is 2.41. The van der Waals surface area contributed by atoms with Crippen molar-refractivity contribution in [3.05, 3.63) is 12.7 Å². The van der Waals surface area contributed by atoms with E-state index in [0.717, 1.165) is 0 Å². The van der Waals surface area contributed by atoms with Crippen LogP contribution in [-0.2, 0) is 6.54 Å². The maximum absolute atomic E-state index is 9.40. The number of hydrogen-bond donors (Lipinski definition) is 3. The molecule has 0 bridgehead atoms. The predicted octanol–water partition coefficient (Wildman–Crippen LogP) is -1.69. The third-order valence-corrected chi connectivity index (χ3v) is 1.61. The van der Waals surface area contributed by atoms with E-state index in [2.05, 4.69) is 10.1 Å². The van der Waals surface area contributed by atoms with E-state index in [1.807, 2.05) is 0 Å². The van der Waals surface area contributed by atoms with Gasteiger partial charge in [-0.25, -0.2) is 9.67 Å². The molecule has 0 saturated carbocycles. The van der Waals surface area contributed by atoms with Gasteiger partial charge in [-0.15, -0.1) is 0 Å². The van der Waals surface area contributed by atoms with Gasteiger partial charge in [0, 0.05) is 0 Å². The molecular formula is C6H12N4O2. The first kappa shape index (κ1) is 9.11. The second-order valence-corrected chi connectivity index (χ2v) is 2.76. The molecule has 0 spiro atoms. The summed E-state index contributed by atoms with van der Waals surface area (Å²) in [6.45, 7) is 1.43. The fourth-order valence-corrected chi connectivity index (χ4v) is 0.706. The van der Waals surface area contributed by atoms with Crippen molar-refractivity contribution in [2.75, 3.05) is 0 Å². The maximum Gasteiger partial charge on any atom is 0.159 e. The van der Waals surface area contributed by atoms with E-state index in [0.29, 0.717) is 0 Å². The van der Waals surface area contributed by atoms with Crippen molar-refractivity contribution >= 4 is 0 Å². The first-order valence-corrected chi connectivity index (χ1v) is 3.54. The van der Waals surface area contributed by atoms with Crippen molar-refractivity contribution < 1.29 is 10.2 Å². The highest BCUT2D eigenvalue weighted by molar-refractivity contribution is 4.77. The highest BCUT2D eigenvalue weighted by Gasteiger charge is 2.28. The molecule has 0 saturated heterocycles. The molecule has 2 atom stereocenters. The molecule has 0 fully saturated rings. The molecule has 1 aromatic heterocycles. The van der Waals surface area contributed by atoms with Crippen molar-refractivity contribution in [3.63, 3.8) is 0 Å². The Balaban J connectivity index is 2.62. The molecule has 0 aliphatic rings. The van der Waals surface area contributed by atoms with Crippen molar-refractivity contribution in [2.45, 2.75) is 25.3 Å². The van der Waals surface area contributed by atoms with E-state index in [1.54, 1.807) is 0 Å². The summed E-state index contributed by atoms with van der Waals surface area (Å²) in [5.41, 5.74) is 3.71. The molecular weight excluding hydrogens is 160 g/mol. The lowest BCUT2D eigenvalue weighted by Gasteiger charge is -2.25. The quantitative estimate of drug-likeness (QED) is 0.472. The zero-order valence-electron chi connectivity index (χ0n) is 6.75. The third-order valence-electron chi connectivity index (χ3n) is 1.61. The summed E-state index contributed by atoms with van der Waals surface area (Å²) in [6, 6.07) is 0. The summed E-state index contributed by atoms with van der Waals surface area (Å²) in [6.07, 6.45) is 1.74. The second kappa shape index (κ2) is 3.18. The van der Waals surface area contributed by atoms with Crippen LogP contribution in [0.15, 0.2) is 12.7 Å². The zero-order chi connectivity index (χ0) is 9.19. The van der Waals surface area contributed by atoms with Crippen LogP contribution in [0.2, 0.25) is 0 Å². The number of hydrogen-bond acceptors (Lipinski definition) is 5. The minimum absolute atomic E-state index is 0.0185. The Morgan fingerprint density at radius 3 is 2.83 bits per heavy atom. The van der Waals surface area contributed by atoms with Crippen LogP contribution in [0.4, 0.5) is 0 Å². The van der Waals surface area contributed by atoms with Gasteiger partial charge in [-0.05, 0) is 6.92 Å². The Labute approximate surface area is 69.6 Å². The monoisotopic (exact) mass is 172 g/mol. The standard InChI is InChI=1S/C6H12N4O2/c1-5(11)6(7,12)2-10-4-8-3-9-10/h3-5,11-12H,2,7H2,1H3. The lowest BCUT2D eigenvalue weighted by Crippen LogP contribution is -2.52. The summed E-state index contributed by atoms with van der Waals surface area (Å²) in [4.78, 5) is 3.67. The van der Waals surface area contributed by atoms with Gasteiger partial charge in [-0.1, -0.05) is 0 Å². The average Bonchev–Trinajstić information content (AvgIpc) is 2.38. The van der Waals surface area contributed by atoms with Crippen LogP contribution in [0.1, 0.15) is 6.92 Å². The Hall–Kier alpha value is -0.980. The predicted molar refractivity (Wildman–Crippen MR) is 40.8 cm³/mol. The fraction of sp³-hybridized carbons (Fsp3) is 0.667. The van der Waals surface area contributed by atoms with E-state index in [9.17, 15) is 5.11 Å². The average molecular weight is 172 g/mol. The fourth-order valence-electron chi connectivity index (χ4n) is 0.706. The molecule has 68 valence electrons. The highest BCUT2D eigenvalue weighted by atomic mass is 16.4. The van der Waals surface area contributed by atoms with Crippen molar-refractivity contribution in [2.24, 2.45) is 5.73 Å². The third kappa shape index (κ3) is 2.00. The first-order valence-electron chi connectivity index (χ1n) is 3.54. The van der Waals surface area contributed by atoms with Crippen LogP contribution in [0.25, 0.3) is 0 Å². The molecule has 4 N–H and O–H groups in total. The molecule has 1 heterocycles. The van der Waals surface area contributed by atoms with E-state index in [4.69, 9.17) is 10.8 Å². The SMILES string of the molecule is CC(O)C(N)(O)Cn1cncn1. The van der Waals surface area contributed by atoms with Gasteiger partial charge in [0.2, 0.25) is 0 Å². The number of nitrogens with zero attached hydrogens (tertiary/aromatic N) is 3. The zero-order valence-corrected chi connectivity index (χ0v) is 6.75. The molecule has 0 aliphatic heterocycles. The first-order chi connectivity index (χ1) is 5.52. The van der Waals surface area contributed by atoms with Crippen LogP contribution in [0.5, 0.6) is 0 Å². The molecule has 0 radical (unpaired) electrons. The van der Waals surface area contributed by atoms with Gasteiger partial charge in [0.25, 0.3) is 0 Å². The van der Waals surface area contributed by atoms with Gasteiger partial charge in [0.1, 0.15) is 12.7 Å². The van der Waals surface area contributed by atoms with Gasteiger partial charge in [0.15, 0.2) is 5.72 Å². The molecule has 0 amide bonds. The summed E-state index contributed by atoms with van der Waals surface area (Å²) in [7, 11) is 0.